The molecule has 9 heteroatoms. The fraction of sp³-hybridized carbons (Fsp3) is 0.350. The third kappa shape index (κ3) is 4.15. The molecule has 1 aromatic heterocycles. The van der Waals surface area contributed by atoms with Gasteiger partial charge in [0.25, 0.3) is 10.0 Å². The van der Waals surface area contributed by atoms with Crippen molar-refractivity contribution in [2.75, 3.05) is 26.2 Å². The molecule has 1 aromatic carbocycles. The van der Waals surface area contributed by atoms with Crippen LogP contribution in [0, 0.1) is 0 Å². The zero-order valence-electron chi connectivity index (χ0n) is 16.2. The van der Waals surface area contributed by atoms with E-state index < -0.39 is 16.1 Å². The van der Waals surface area contributed by atoms with Crippen molar-refractivity contribution in [1.29, 1.82) is 0 Å². The highest BCUT2D eigenvalue weighted by atomic mass is 32.2. The minimum Gasteiger partial charge on any atom is -0.338 e. The molecule has 2 aliphatic heterocycles. The molecule has 0 spiro atoms. The number of rotatable bonds is 4. The van der Waals surface area contributed by atoms with Crippen LogP contribution in [0.25, 0.3) is 0 Å². The number of piperazine rings is 1. The molecule has 0 radical (unpaired) electrons. The van der Waals surface area contributed by atoms with Gasteiger partial charge in [0.1, 0.15) is 11.9 Å². The molecule has 0 unspecified atom stereocenters. The van der Waals surface area contributed by atoms with E-state index in [-0.39, 0.29) is 16.6 Å². The van der Waals surface area contributed by atoms with Crippen molar-refractivity contribution in [1.82, 2.24) is 19.5 Å². The highest BCUT2D eigenvalue weighted by Gasteiger charge is 2.32. The lowest BCUT2D eigenvalue weighted by molar-refractivity contribution is -0.133. The Kier molecular flexibility index (Phi) is 5.33. The summed E-state index contributed by atoms with van der Waals surface area (Å²) >= 11 is 0. The van der Waals surface area contributed by atoms with E-state index in [2.05, 4.69) is 19.6 Å². The third-order valence-electron chi connectivity index (χ3n) is 5.18. The summed E-state index contributed by atoms with van der Waals surface area (Å²) in [6, 6.07) is 9.99. The topological polar surface area (TPSA) is 95.0 Å². The average Bonchev–Trinajstić information content (AvgIpc) is 2.99. The van der Waals surface area contributed by atoms with Gasteiger partial charge in [-0.2, -0.15) is 0 Å². The number of aromatic nitrogens is 1. The molecular weight excluding hydrogens is 390 g/mol. The van der Waals surface area contributed by atoms with Crippen LogP contribution in [-0.4, -0.2) is 67.2 Å². The summed E-state index contributed by atoms with van der Waals surface area (Å²) in [6.07, 6.45) is 3.57. The van der Waals surface area contributed by atoms with Crippen molar-refractivity contribution in [2.24, 2.45) is 4.99 Å². The molecule has 2 aromatic rings. The molecule has 1 N–H and O–H groups in total. The third-order valence-corrected chi connectivity index (χ3v) is 6.58. The molecule has 8 nitrogen and oxygen atoms in total. The Morgan fingerprint density at radius 3 is 2.55 bits per heavy atom. The zero-order chi connectivity index (χ0) is 20.4. The SMILES string of the molecule is C[C@H](N=C1NS(=O)(=O)c2ccccc21)C(=O)N1CCN(Cc2ccncc2)CC1. The maximum absolute atomic E-state index is 12.8. The number of amides is 1. The van der Waals surface area contributed by atoms with Crippen LogP contribution in [0.15, 0.2) is 58.7 Å². The fourth-order valence-corrected chi connectivity index (χ4v) is 4.85. The number of hydrogen-bond acceptors (Lipinski definition) is 6. The fourth-order valence-electron chi connectivity index (χ4n) is 3.62. The normalized spacial score (nSPS) is 20.9. The van der Waals surface area contributed by atoms with Crippen LogP contribution in [-0.2, 0) is 21.4 Å². The Labute approximate surface area is 170 Å². The van der Waals surface area contributed by atoms with Crippen molar-refractivity contribution in [3.63, 3.8) is 0 Å². The van der Waals surface area contributed by atoms with Crippen molar-refractivity contribution >= 4 is 21.8 Å². The van der Waals surface area contributed by atoms with Gasteiger partial charge < -0.3 is 4.90 Å². The van der Waals surface area contributed by atoms with Crippen molar-refractivity contribution in [2.45, 2.75) is 24.4 Å². The molecule has 0 saturated carbocycles. The number of aliphatic imine (C=N–C) groups is 1. The summed E-state index contributed by atoms with van der Waals surface area (Å²) in [4.78, 5) is 25.6. The van der Waals surface area contributed by atoms with Crippen molar-refractivity contribution < 1.29 is 13.2 Å². The van der Waals surface area contributed by atoms with Crippen LogP contribution < -0.4 is 4.72 Å². The molecule has 4 rings (SSSR count). The van der Waals surface area contributed by atoms with Gasteiger partial charge in [-0.05, 0) is 36.8 Å². The molecule has 0 bridgehead atoms. The van der Waals surface area contributed by atoms with Gasteiger partial charge in [-0.25, -0.2) is 8.42 Å². The van der Waals surface area contributed by atoms with Crippen LogP contribution in [0.4, 0.5) is 0 Å². The van der Waals surface area contributed by atoms with E-state index in [0.29, 0.717) is 18.7 Å². The van der Waals surface area contributed by atoms with Gasteiger partial charge in [0.2, 0.25) is 5.91 Å². The largest absolute Gasteiger partial charge is 0.338 e. The molecule has 152 valence electrons. The molecule has 29 heavy (non-hydrogen) atoms. The Morgan fingerprint density at radius 1 is 1.14 bits per heavy atom. The summed E-state index contributed by atoms with van der Waals surface area (Å²) in [7, 11) is -3.60. The second kappa shape index (κ2) is 7.92. The number of amidine groups is 1. The first-order chi connectivity index (χ1) is 13.9. The van der Waals surface area contributed by atoms with Crippen molar-refractivity contribution in [3.05, 3.63) is 59.9 Å². The molecule has 1 saturated heterocycles. The van der Waals surface area contributed by atoms with Crippen LogP contribution in [0.5, 0.6) is 0 Å². The zero-order valence-corrected chi connectivity index (χ0v) is 17.0. The lowest BCUT2D eigenvalue weighted by Gasteiger charge is -2.35. The quantitative estimate of drug-likeness (QED) is 0.802. The second-order valence-electron chi connectivity index (χ2n) is 7.21. The van der Waals surface area contributed by atoms with E-state index in [1.807, 2.05) is 12.1 Å². The summed E-state index contributed by atoms with van der Waals surface area (Å²) in [6.45, 7) is 5.36. The highest BCUT2D eigenvalue weighted by Crippen LogP contribution is 2.22. The van der Waals surface area contributed by atoms with E-state index >= 15 is 0 Å². The van der Waals surface area contributed by atoms with Crippen LogP contribution >= 0.6 is 0 Å². The number of sulfonamides is 1. The molecule has 1 fully saturated rings. The number of carbonyl (C=O) groups is 1. The monoisotopic (exact) mass is 413 g/mol. The second-order valence-corrected chi connectivity index (χ2v) is 8.86. The smallest absolute Gasteiger partial charge is 0.263 e. The van der Waals surface area contributed by atoms with Gasteiger partial charge >= 0.3 is 0 Å². The van der Waals surface area contributed by atoms with Gasteiger partial charge in [-0.1, -0.05) is 12.1 Å². The number of nitrogens with one attached hydrogen (secondary N) is 1. The van der Waals surface area contributed by atoms with Crippen LogP contribution in [0.2, 0.25) is 0 Å². The van der Waals surface area contributed by atoms with Gasteiger partial charge in [-0.15, -0.1) is 0 Å². The highest BCUT2D eigenvalue weighted by molar-refractivity contribution is 7.90. The molecular formula is C20H23N5O3S. The minimum atomic E-state index is -3.60. The van der Waals surface area contributed by atoms with Crippen LogP contribution in [0.1, 0.15) is 18.1 Å². The van der Waals surface area contributed by atoms with Gasteiger partial charge in [0, 0.05) is 50.7 Å². The summed E-state index contributed by atoms with van der Waals surface area (Å²) in [5.74, 6) is 0.141. The Hall–Kier alpha value is -2.78. The number of fused-ring (bicyclic) bond motifs is 1. The van der Waals surface area contributed by atoms with E-state index in [0.717, 1.165) is 19.6 Å². The number of carbonyl (C=O) groups excluding carboxylic acids is 1. The summed E-state index contributed by atoms with van der Waals surface area (Å²) < 4.78 is 26.9. The summed E-state index contributed by atoms with van der Waals surface area (Å²) in [5.41, 5.74) is 1.71. The molecule has 2 aliphatic rings. The number of hydrogen-bond donors (Lipinski definition) is 1. The van der Waals surface area contributed by atoms with Crippen molar-refractivity contribution in [3.8, 4) is 0 Å². The molecule has 3 heterocycles. The van der Waals surface area contributed by atoms with E-state index in [4.69, 9.17) is 0 Å². The first-order valence-corrected chi connectivity index (χ1v) is 11.0. The predicted molar refractivity (Wildman–Crippen MR) is 109 cm³/mol. The predicted octanol–water partition coefficient (Wildman–Crippen LogP) is 0.853. The van der Waals surface area contributed by atoms with E-state index in [1.54, 1.807) is 42.4 Å². The number of nitrogens with zero attached hydrogens (tertiary/aromatic N) is 4. The van der Waals surface area contributed by atoms with Gasteiger partial charge in [0.05, 0.1) is 4.90 Å². The Bertz CT molecular complexity index is 1030. The molecule has 0 aliphatic carbocycles. The van der Waals surface area contributed by atoms with E-state index in [1.165, 1.54) is 11.6 Å². The standard InChI is InChI=1S/C20H23N5O3S/c1-15(22-19-17-4-2-3-5-18(17)29(27,28)23-19)20(26)25-12-10-24(11-13-25)14-16-6-8-21-9-7-16/h2-9,15H,10-14H2,1H3,(H,22,23)/t15-/m0/s1. The molecule has 1 atom stereocenters. The Morgan fingerprint density at radius 2 is 1.83 bits per heavy atom. The van der Waals surface area contributed by atoms with Gasteiger partial charge in [0.15, 0.2) is 0 Å². The van der Waals surface area contributed by atoms with Crippen LogP contribution in [0.3, 0.4) is 0 Å². The Balaban J connectivity index is 1.39. The lowest BCUT2D eigenvalue weighted by Crippen LogP contribution is -2.50. The molecule has 1 amide bonds. The summed E-state index contributed by atoms with van der Waals surface area (Å²) in [5, 5.41) is 0. The van der Waals surface area contributed by atoms with Gasteiger partial charge in [-0.3, -0.25) is 24.4 Å². The maximum atomic E-state index is 12.8. The van der Waals surface area contributed by atoms with E-state index in [9.17, 15) is 13.2 Å². The number of benzene rings is 1. The minimum absolute atomic E-state index is 0.0929. The number of pyridine rings is 1. The maximum Gasteiger partial charge on any atom is 0.263 e. The average molecular weight is 414 g/mol. The first-order valence-electron chi connectivity index (χ1n) is 9.54. The first kappa shape index (κ1) is 19.5. The lowest BCUT2D eigenvalue weighted by atomic mass is 10.2.